The third-order valence-corrected chi connectivity index (χ3v) is 6.27. The SMILES string of the molecule is Cn1ccnc1C(NC(=O)Nc1cccc(Br)c1I)c1nccn1C. The van der Waals surface area contributed by atoms with Gasteiger partial charge < -0.3 is 19.8 Å². The second kappa shape index (κ2) is 7.56. The summed E-state index contributed by atoms with van der Waals surface area (Å²) in [5.74, 6) is 1.40. The van der Waals surface area contributed by atoms with Gasteiger partial charge in [0.05, 0.1) is 9.26 Å². The van der Waals surface area contributed by atoms with Gasteiger partial charge in [-0.25, -0.2) is 14.8 Å². The van der Waals surface area contributed by atoms with Crippen molar-refractivity contribution in [3.8, 4) is 0 Å². The van der Waals surface area contributed by atoms with Gasteiger partial charge in [0.15, 0.2) is 0 Å². The molecule has 0 saturated heterocycles. The van der Waals surface area contributed by atoms with Gasteiger partial charge in [-0.15, -0.1) is 0 Å². The molecule has 0 saturated carbocycles. The first kappa shape index (κ1) is 17.9. The fourth-order valence-electron chi connectivity index (χ4n) is 2.45. The standard InChI is InChI=1S/C16H16BrIN6O/c1-23-8-6-19-14(23)13(15-20-7-9-24(15)2)22-16(25)21-11-5-3-4-10(17)12(11)18/h3-9,13H,1-2H3,(H2,21,22,25). The smallest absolute Gasteiger partial charge is 0.320 e. The maximum atomic E-state index is 12.6. The fraction of sp³-hybridized carbons (Fsp3) is 0.188. The number of urea groups is 1. The van der Waals surface area contributed by atoms with Gasteiger partial charge in [0, 0.05) is 43.4 Å². The van der Waals surface area contributed by atoms with Crippen molar-refractivity contribution < 1.29 is 4.79 Å². The molecule has 0 bridgehead atoms. The maximum absolute atomic E-state index is 12.6. The molecule has 25 heavy (non-hydrogen) atoms. The van der Waals surface area contributed by atoms with Gasteiger partial charge in [-0.3, -0.25) is 0 Å². The zero-order valence-corrected chi connectivity index (χ0v) is 17.3. The van der Waals surface area contributed by atoms with E-state index >= 15 is 0 Å². The first-order chi connectivity index (χ1) is 12.0. The van der Waals surface area contributed by atoms with E-state index in [1.54, 1.807) is 12.4 Å². The Kier molecular flexibility index (Phi) is 5.42. The van der Waals surface area contributed by atoms with Crippen LogP contribution in [0.5, 0.6) is 0 Å². The molecule has 2 amide bonds. The molecule has 0 unspecified atom stereocenters. The molecule has 3 aromatic rings. The zero-order valence-electron chi connectivity index (χ0n) is 13.6. The van der Waals surface area contributed by atoms with E-state index in [9.17, 15) is 4.79 Å². The summed E-state index contributed by atoms with van der Waals surface area (Å²) < 4.78 is 5.58. The van der Waals surface area contributed by atoms with Crippen LogP contribution in [0.2, 0.25) is 0 Å². The normalized spacial score (nSPS) is 10.9. The number of carbonyl (C=O) groups is 1. The van der Waals surface area contributed by atoms with Crippen molar-refractivity contribution in [1.82, 2.24) is 24.4 Å². The van der Waals surface area contributed by atoms with Crippen LogP contribution in [0.4, 0.5) is 10.5 Å². The van der Waals surface area contributed by atoms with E-state index in [1.165, 1.54) is 0 Å². The number of amides is 2. The number of anilines is 1. The van der Waals surface area contributed by atoms with E-state index in [4.69, 9.17) is 0 Å². The van der Waals surface area contributed by atoms with Gasteiger partial charge in [0.25, 0.3) is 0 Å². The number of imidazole rings is 2. The van der Waals surface area contributed by atoms with Crippen molar-refractivity contribution in [2.75, 3.05) is 5.32 Å². The largest absolute Gasteiger partial charge is 0.336 e. The molecular formula is C16H16BrIN6O. The molecule has 1 aromatic carbocycles. The van der Waals surface area contributed by atoms with Crippen LogP contribution < -0.4 is 10.6 Å². The van der Waals surface area contributed by atoms with Crippen LogP contribution in [-0.2, 0) is 14.1 Å². The number of rotatable bonds is 4. The number of hydrogen-bond donors (Lipinski definition) is 2. The van der Waals surface area contributed by atoms with Crippen molar-refractivity contribution in [3.05, 3.63) is 62.7 Å². The van der Waals surface area contributed by atoms with Crippen LogP contribution in [0, 0.1) is 3.57 Å². The Labute approximate surface area is 167 Å². The molecule has 0 aliphatic heterocycles. The first-order valence-corrected chi connectivity index (χ1v) is 9.30. The molecule has 0 spiro atoms. The summed E-state index contributed by atoms with van der Waals surface area (Å²) in [5.41, 5.74) is 0.728. The minimum atomic E-state index is -0.468. The highest BCUT2D eigenvalue weighted by atomic mass is 127. The molecule has 7 nitrogen and oxygen atoms in total. The van der Waals surface area contributed by atoms with Crippen LogP contribution in [0.15, 0.2) is 47.5 Å². The van der Waals surface area contributed by atoms with Gasteiger partial charge in [0.2, 0.25) is 0 Å². The molecule has 2 heterocycles. The molecule has 130 valence electrons. The molecule has 2 N–H and O–H groups in total. The summed E-state index contributed by atoms with van der Waals surface area (Å²) in [4.78, 5) is 21.3. The quantitative estimate of drug-likeness (QED) is 0.524. The van der Waals surface area contributed by atoms with Crippen molar-refractivity contribution in [2.24, 2.45) is 14.1 Å². The van der Waals surface area contributed by atoms with Crippen molar-refractivity contribution in [3.63, 3.8) is 0 Å². The van der Waals surface area contributed by atoms with E-state index in [0.29, 0.717) is 11.6 Å². The summed E-state index contributed by atoms with van der Waals surface area (Å²) in [6.45, 7) is 0. The summed E-state index contributed by atoms with van der Waals surface area (Å²) in [6, 6.07) is 4.85. The number of carbonyl (C=O) groups excluding carboxylic acids is 1. The lowest BCUT2D eigenvalue weighted by Gasteiger charge is -2.19. The van der Waals surface area contributed by atoms with Crippen LogP contribution in [0.25, 0.3) is 0 Å². The van der Waals surface area contributed by atoms with E-state index < -0.39 is 6.04 Å². The van der Waals surface area contributed by atoms with E-state index in [0.717, 1.165) is 13.7 Å². The molecule has 0 atom stereocenters. The number of aryl methyl sites for hydroxylation is 2. The summed E-state index contributed by atoms with van der Waals surface area (Å²) in [5, 5.41) is 5.85. The molecule has 0 aliphatic rings. The van der Waals surface area contributed by atoms with Crippen molar-refractivity contribution in [1.29, 1.82) is 0 Å². The van der Waals surface area contributed by atoms with Crippen LogP contribution in [0.3, 0.4) is 0 Å². The Hall–Kier alpha value is -1.88. The highest BCUT2D eigenvalue weighted by Gasteiger charge is 2.24. The Morgan fingerprint density at radius 3 is 2.28 bits per heavy atom. The zero-order chi connectivity index (χ0) is 18.0. The van der Waals surface area contributed by atoms with Crippen molar-refractivity contribution >= 4 is 50.2 Å². The Morgan fingerprint density at radius 1 is 1.16 bits per heavy atom. The molecule has 0 aliphatic carbocycles. The Balaban J connectivity index is 1.86. The highest BCUT2D eigenvalue weighted by Crippen LogP contribution is 2.26. The molecule has 0 fully saturated rings. The number of halogens is 2. The minimum Gasteiger partial charge on any atom is -0.336 e. The molecule has 0 radical (unpaired) electrons. The van der Waals surface area contributed by atoms with Crippen molar-refractivity contribution in [2.45, 2.75) is 6.04 Å². The average molecular weight is 515 g/mol. The number of benzene rings is 1. The predicted molar refractivity (Wildman–Crippen MR) is 107 cm³/mol. The van der Waals surface area contributed by atoms with Gasteiger partial charge in [-0.05, 0) is 50.7 Å². The van der Waals surface area contributed by atoms with Crippen LogP contribution in [-0.4, -0.2) is 25.1 Å². The topological polar surface area (TPSA) is 76.8 Å². The number of aromatic nitrogens is 4. The summed E-state index contributed by atoms with van der Waals surface area (Å²) >= 11 is 5.64. The van der Waals surface area contributed by atoms with Gasteiger partial charge in [-0.1, -0.05) is 6.07 Å². The highest BCUT2D eigenvalue weighted by molar-refractivity contribution is 14.1. The average Bonchev–Trinajstić information content (AvgIpc) is 3.18. The summed E-state index contributed by atoms with van der Waals surface area (Å²) in [7, 11) is 3.77. The molecule has 3 rings (SSSR count). The van der Waals surface area contributed by atoms with E-state index in [-0.39, 0.29) is 6.03 Å². The number of nitrogens with one attached hydrogen (secondary N) is 2. The monoisotopic (exact) mass is 514 g/mol. The van der Waals surface area contributed by atoms with E-state index in [2.05, 4.69) is 59.1 Å². The minimum absolute atomic E-state index is 0.327. The van der Waals surface area contributed by atoms with Gasteiger partial charge >= 0.3 is 6.03 Å². The second-order valence-electron chi connectivity index (χ2n) is 5.43. The molecule has 2 aromatic heterocycles. The second-order valence-corrected chi connectivity index (χ2v) is 7.36. The van der Waals surface area contributed by atoms with Crippen LogP contribution >= 0.6 is 38.5 Å². The fourth-order valence-corrected chi connectivity index (χ4v) is 3.31. The lowest BCUT2D eigenvalue weighted by Crippen LogP contribution is -2.36. The first-order valence-electron chi connectivity index (χ1n) is 7.43. The number of hydrogen-bond acceptors (Lipinski definition) is 3. The molecule has 9 heteroatoms. The maximum Gasteiger partial charge on any atom is 0.320 e. The van der Waals surface area contributed by atoms with Gasteiger partial charge in [0.1, 0.15) is 17.7 Å². The molecular weight excluding hydrogens is 499 g/mol. The summed E-state index contributed by atoms with van der Waals surface area (Å²) in [6.07, 6.45) is 7.06. The lowest BCUT2D eigenvalue weighted by molar-refractivity contribution is 0.249. The third-order valence-electron chi connectivity index (χ3n) is 3.71. The Bertz CT molecular complexity index is 865. The van der Waals surface area contributed by atoms with Crippen LogP contribution in [0.1, 0.15) is 17.7 Å². The lowest BCUT2D eigenvalue weighted by atomic mass is 10.2. The number of nitrogens with zero attached hydrogens (tertiary/aromatic N) is 4. The third kappa shape index (κ3) is 3.87. The predicted octanol–water partition coefficient (Wildman–Crippen LogP) is 3.43. The Morgan fingerprint density at radius 2 is 1.76 bits per heavy atom. The van der Waals surface area contributed by atoms with Gasteiger partial charge in [-0.2, -0.15) is 0 Å². The van der Waals surface area contributed by atoms with E-state index in [1.807, 2.05) is 53.8 Å².